The molecule has 0 aliphatic heterocycles. The number of carbonyl (C=O) groups excluding carboxylic acids is 1. The Balaban J connectivity index is 1.65. The number of carboxylic acids is 1. The normalized spacial score (nSPS) is 11.9. The number of phenols is 2. The Bertz CT molecular complexity index is 1390. The number of nitrogens with zero attached hydrogens (tertiary/aromatic N) is 2. The summed E-state index contributed by atoms with van der Waals surface area (Å²) in [5, 5.41) is 31.9. The number of aromatic hydroxyl groups is 2. The third-order valence-electron chi connectivity index (χ3n) is 5.23. The Morgan fingerprint density at radius 3 is 2.44 bits per heavy atom. The Labute approximate surface area is 204 Å². The van der Waals surface area contributed by atoms with Gasteiger partial charge in [0.1, 0.15) is 6.04 Å². The van der Waals surface area contributed by atoms with Crippen molar-refractivity contribution in [3.8, 4) is 22.8 Å². The summed E-state index contributed by atoms with van der Waals surface area (Å²) in [6.45, 7) is 0. The van der Waals surface area contributed by atoms with Crippen molar-refractivity contribution >= 4 is 40.7 Å². The molecular weight excluding hydrogens is 481 g/mol. The molecule has 2 aromatic heterocycles. The molecule has 0 saturated carbocycles. The third kappa shape index (κ3) is 4.93. The summed E-state index contributed by atoms with van der Waals surface area (Å²) < 4.78 is 1.63. The van der Waals surface area contributed by atoms with Crippen molar-refractivity contribution in [2.45, 2.75) is 18.9 Å². The number of hydrogen-bond donors (Lipinski definition) is 4. The van der Waals surface area contributed by atoms with E-state index in [-0.39, 0.29) is 24.3 Å². The molecule has 0 bridgehead atoms. The molecule has 0 saturated heterocycles. The molecule has 0 aliphatic rings. The molecule has 4 N–H and O–H groups in total. The lowest BCUT2D eigenvalue weighted by molar-refractivity contribution is -0.141. The molecule has 2 aromatic carbocycles. The maximum Gasteiger partial charge on any atom is 0.326 e. The van der Waals surface area contributed by atoms with Crippen LogP contribution in [0.2, 0.25) is 10.0 Å². The molecule has 0 aliphatic carbocycles. The fourth-order valence-corrected chi connectivity index (χ4v) is 4.16. The maximum atomic E-state index is 13.0. The first kappa shape index (κ1) is 23.4. The number of nitrogens with one attached hydrogen (secondary N) is 1. The summed E-state index contributed by atoms with van der Waals surface area (Å²) in [5.74, 6) is -2.49. The number of halogens is 2. The van der Waals surface area contributed by atoms with E-state index < -0.39 is 17.9 Å². The quantitative estimate of drug-likeness (QED) is 0.284. The molecule has 10 heteroatoms. The number of phenolic OH excluding ortho intramolecular Hbond substituents is 2. The van der Waals surface area contributed by atoms with Crippen LogP contribution in [0.3, 0.4) is 0 Å². The second-order valence-corrected chi connectivity index (χ2v) is 8.48. The summed E-state index contributed by atoms with van der Waals surface area (Å²) in [6.07, 6.45) is 1.32. The molecule has 1 amide bonds. The second kappa shape index (κ2) is 9.62. The number of fused-ring (bicyclic) bond motifs is 1. The number of pyridine rings is 1. The van der Waals surface area contributed by atoms with E-state index >= 15 is 0 Å². The number of aliphatic carboxylic acids is 1. The van der Waals surface area contributed by atoms with Gasteiger partial charge >= 0.3 is 5.97 Å². The Kier molecular flexibility index (Phi) is 6.63. The highest BCUT2D eigenvalue weighted by Crippen LogP contribution is 2.30. The summed E-state index contributed by atoms with van der Waals surface area (Å²) in [5.41, 5.74) is 2.63. The van der Waals surface area contributed by atoms with Crippen LogP contribution in [-0.4, -0.2) is 42.6 Å². The molecule has 1 atom stereocenters. The van der Waals surface area contributed by atoms with Crippen molar-refractivity contribution in [3.63, 3.8) is 0 Å². The van der Waals surface area contributed by atoms with Gasteiger partial charge in [-0.1, -0.05) is 59.6 Å². The molecule has 34 heavy (non-hydrogen) atoms. The molecule has 0 radical (unpaired) electrons. The van der Waals surface area contributed by atoms with E-state index in [4.69, 9.17) is 23.2 Å². The molecular formula is C24H19Cl2N3O5. The van der Waals surface area contributed by atoms with E-state index in [0.717, 1.165) is 5.56 Å². The van der Waals surface area contributed by atoms with Gasteiger partial charge in [-0.15, -0.1) is 0 Å². The van der Waals surface area contributed by atoms with Gasteiger partial charge in [0, 0.05) is 18.2 Å². The molecule has 8 nitrogen and oxygen atoms in total. The molecule has 0 spiro atoms. The number of imidazole rings is 1. The fourth-order valence-electron chi connectivity index (χ4n) is 3.65. The zero-order valence-corrected chi connectivity index (χ0v) is 19.1. The van der Waals surface area contributed by atoms with Gasteiger partial charge in [-0.2, -0.15) is 0 Å². The number of aromatic nitrogens is 2. The third-order valence-corrected chi connectivity index (χ3v) is 5.71. The van der Waals surface area contributed by atoms with E-state index in [1.54, 1.807) is 16.7 Å². The second-order valence-electron chi connectivity index (χ2n) is 7.64. The first-order chi connectivity index (χ1) is 16.2. The zero-order chi connectivity index (χ0) is 24.4. The largest absolute Gasteiger partial charge is 0.504 e. The number of carboxylic acid groups (broad SMARTS) is 1. The van der Waals surface area contributed by atoms with E-state index in [9.17, 15) is 24.9 Å². The van der Waals surface area contributed by atoms with E-state index in [1.165, 1.54) is 18.2 Å². The average molecular weight is 500 g/mol. The van der Waals surface area contributed by atoms with Crippen LogP contribution in [0, 0.1) is 0 Å². The summed E-state index contributed by atoms with van der Waals surface area (Å²) >= 11 is 12.5. The first-order valence-corrected chi connectivity index (χ1v) is 10.9. The van der Waals surface area contributed by atoms with E-state index in [2.05, 4.69) is 10.3 Å². The smallest absolute Gasteiger partial charge is 0.326 e. The van der Waals surface area contributed by atoms with Gasteiger partial charge in [0.2, 0.25) is 5.91 Å². The predicted octanol–water partition coefficient (Wildman–Crippen LogP) is 4.07. The van der Waals surface area contributed by atoms with Gasteiger partial charge in [0.25, 0.3) is 0 Å². The van der Waals surface area contributed by atoms with Crippen molar-refractivity contribution in [1.82, 2.24) is 14.7 Å². The summed E-state index contributed by atoms with van der Waals surface area (Å²) in [4.78, 5) is 29.4. The molecule has 2 heterocycles. The highest BCUT2D eigenvalue weighted by Gasteiger charge is 2.24. The molecule has 4 aromatic rings. The topological polar surface area (TPSA) is 124 Å². The molecule has 174 valence electrons. The molecule has 1 unspecified atom stereocenters. The van der Waals surface area contributed by atoms with Crippen LogP contribution >= 0.6 is 23.2 Å². The highest BCUT2D eigenvalue weighted by molar-refractivity contribution is 6.36. The van der Waals surface area contributed by atoms with Crippen molar-refractivity contribution in [2.24, 2.45) is 0 Å². The van der Waals surface area contributed by atoms with Gasteiger partial charge in [0.05, 0.1) is 27.9 Å². The monoisotopic (exact) mass is 499 g/mol. The zero-order valence-electron chi connectivity index (χ0n) is 17.6. The highest BCUT2D eigenvalue weighted by atomic mass is 35.5. The SMILES string of the molecule is O=C(Cc1c(-c2ccccc2)nc2c(Cl)cc(Cl)cn12)NC(Cc1ccc(O)c(O)c1)C(=O)O. The Morgan fingerprint density at radius 2 is 1.76 bits per heavy atom. The van der Waals surface area contributed by atoms with Gasteiger partial charge in [-0.05, 0) is 23.8 Å². The minimum absolute atomic E-state index is 0.0920. The molecule has 4 rings (SSSR count). The number of amides is 1. The van der Waals surface area contributed by atoms with Gasteiger partial charge in [0.15, 0.2) is 17.1 Å². The minimum Gasteiger partial charge on any atom is -0.504 e. The number of hydrogen-bond acceptors (Lipinski definition) is 5. The minimum atomic E-state index is -1.26. The Morgan fingerprint density at radius 1 is 1.03 bits per heavy atom. The van der Waals surface area contributed by atoms with E-state index in [0.29, 0.717) is 32.6 Å². The Hall–Kier alpha value is -3.75. The number of carbonyl (C=O) groups is 2. The van der Waals surface area contributed by atoms with E-state index in [1.807, 2.05) is 30.3 Å². The van der Waals surface area contributed by atoms with Crippen molar-refractivity contribution in [3.05, 3.63) is 82.1 Å². The summed E-state index contributed by atoms with van der Waals surface area (Å²) in [6, 6.07) is 13.5. The van der Waals surface area contributed by atoms with Crippen LogP contribution in [0.25, 0.3) is 16.9 Å². The van der Waals surface area contributed by atoms with Crippen LogP contribution in [-0.2, 0) is 22.4 Å². The number of rotatable bonds is 7. The lowest BCUT2D eigenvalue weighted by Gasteiger charge is -2.15. The maximum absolute atomic E-state index is 13.0. The number of benzene rings is 2. The van der Waals surface area contributed by atoms with Crippen LogP contribution in [0.5, 0.6) is 11.5 Å². The van der Waals surface area contributed by atoms with Crippen molar-refractivity contribution < 1.29 is 24.9 Å². The predicted molar refractivity (Wildman–Crippen MR) is 127 cm³/mol. The summed E-state index contributed by atoms with van der Waals surface area (Å²) in [7, 11) is 0. The van der Waals surface area contributed by atoms with Crippen molar-refractivity contribution in [2.75, 3.05) is 0 Å². The van der Waals surface area contributed by atoms with Crippen LogP contribution in [0.1, 0.15) is 11.3 Å². The van der Waals surface area contributed by atoms with Gasteiger partial charge in [-0.3, -0.25) is 4.79 Å². The average Bonchev–Trinajstić information content (AvgIpc) is 3.14. The standard InChI is InChI=1S/C24H19Cl2N3O5/c25-15-10-16(26)23-28-22(14-4-2-1-3-5-14)18(29(23)12-15)11-21(32)27-17(24(33)34)8-13-6-7-19(30)20(31)9-13/h1-7,9-10,12,17,30-31H,8,11H2,(H,27,32)(H,33,34). The lowest BCUT2D eigenvalue weighted by atomic mass is 10.0. The van der Waals surface area contributed by atoms with Gasteiger partial charge in [-0.25, -0.2) is 9.78 Å². The van der Waals surface area contributed by atoms with Crippen LogP contribution in [0.15, 0.2) is 60.8 Å². The fraction of sp³-hybridized carbons (Fsp3) is 0.125. The molecule has 0 fully saturated rings. The lowest BCUT2D eigenvalue weighted by Crippen LogP contribution is -2.43. The van der Waals surface area contributed by atoms with Crippen molar-refractivity contribution in [1.29, 1.82) is 0 Å². The van der Waals surface area contributed by atoms with Crippen LogP contribution < -0.4 is 5.32 Å². The van der Waals surface area contributed by atoms with Gasteiger partial charge < -0.3 is 25.0 Å². The van der Waals surface area contributed by atoms with Crippen LogP contribution in [0.4, 0.5) is 0 Å². The first-order valence-electron chi connectivity index (χ1n) is 10.2.